The minimum atomic E-state index is -1.37. The largest absolute Gasteiger partial charge is 0.325 e. The second kappa shape index (κ2) is 9.32. The first kappa shape index (κ1) is 21.4. The molecule has 2 rings (SSSR count). The number of nitrogens with one attached hydrogen (secondary N) is 1. The van der Waals surface area contributed by atoms with Gasteiger partial charge in [-0.05, 0) is 48.9 Å². The number of hydrogen-bond donors (Lipinski definition) is 1. The minimum absolute atomic E-state index is 0.133. The minimum Gasteiger partial charge on any atom is -0.325 e. The van der Waals surface area contributed by atoms with Gasteiger partial charge in [0.15, 0.2) is 0 Å². The van der Waals surface area contributed by atoms with Gasteiger partial charge in [0.25, 0.3) is 0 Å². The van der Waals surface area contributed by atoms with E-state index in [9.17, 15) is 24.5 Å². The summed E-state index contributed by atoms with van der Waals surface area (Å²) in [5, 5.41) is 21.8. The molecule has 0 heterocycles. The van der Waals surface area contributed by atoms with Crippen LogP contribution < -0.4 is 5.32 Å². The summed E-state index contributed by atoms with van der Waals surface area (Å²) in [7, 11) is 0. The molecule has 1 amide bonds. The lowest BCUT2D eigenvalue weighted by molar-refractivity contribution is -0.131. The monoisotopic (exact) mass is 417 g/mol. The lowest BCUT2D eigenvalue weighted by Crippen LogP contribution is -2.36. The number of nitriles is 2. The smallest absolute Gasteiger partial charge is 0.235 e. The fourth-order valence-electron chi connectivity index (χ4n) is 2.87. The van der Waals surface area contributed by atoms with Gasteiger partial charge in [0, 0.05) is 21.7 Å². The molecular formula is C20H14Cl2FN3O2. The maximum absolute atomic E-state index is 13.1. The third kappa shape index (κ3) is 4.86. The zero-order chi connectivity index (χ0) is 20.8. The topological polar surface area (TPSA) is 93.8 Å². The molecule has 8 heteroatoms. The van der Waals surface area contributed by atoms with Crippen molar-refractivity contribution >= 4 is 40.6 Å². The van der Waals surface area contributed by atoms with E-state index in [0.717, 1.165) is 12.1 Å². The number of halogens is 3. The third-order valence-electron chi connectivity index (χ3n) is 4.15. The third-order valence-corrected chi connectivity index (χ3v) is 4.71. The van der Waals surface area contributed by atoms with Gasteiger partial charge in [-0.3, -0.25) is 9.59 Å². The number of carbonyl (C=O) groups is 2. The summed E-state index contributed by atoms with van der Waals surface area (Å²) in [5.74, 6) is -5.56. The zero-order valence-electron chi connectivity index (χ0n) is 14.6. The van der Waals surface area contributed by atoms with Gasteiger partial charge >= 0.3 is 0 Å². The van der Waals surface area contributed by atoms with Crippen LogP contribution in [0, 0.1) is 40.3 Å². The van der Waals surface area contributed by atoms with Gasteiger partial charge in [-0.25, -0.2) is 4.39 Å². The van der Waals surface area contributed by atoms with Crippen LogP contribution in [0.4, 0.5) is 10.1 Å². The average molecular weight is 418 g/mol. The Kier molecular flexibility index (Phi) is 7.12. The molecule has 1 N–H and O–H groups in total. The highest BCUT2D eigenvalue weighted by molar-refractivity contribution is 6.35. The van der Waals surface area contributed by atoms with Crippen molar-refractivity contribution in [3.05, 3.63) is 63.9 Å². The normalized spacial score (nSPS) is 12.5. The van der Waals surface area contributed by atoms with Crippen LogP contribution in [0.3, 0.4) is 0 Å². The Morgan fingerprint density at radius 2 is 1.68 bits per heavy atom. The Labute approximate surface area is 171 Å². The maximum atomic E-state index is 13.1. The number of nitrogens with zero attached hydrogens (tertiary/aromatic N) is 2. The van der Waals surface area contributed by atoms with Gasteiger partial charge in [0.1, 0.15) is 23.4 Å². The number of carbonyl (C=O) groups excluding carboxylic acids is 2. The van der Waals surface area contributed by atoms with Crippen LogP contribution >= 0.6 is 23.2 Å². The number of benzene rings is 2. The van der Waals surface area contributed by atoms with Crippen LogP contribution in [-0.2, 0) is 9.59 Å². The molecular weight excluding hydrogens is 404 g/mol. The number of Topliss-reactive ketones (excluding diaryl/α,β-unsaturated/α-hetero) is 1. The number of anilines is 1. The Morgan fingerprint density at radius 3 is 2.18 bits per heavy atom. The molecule has 2 aromatic rings. The van der Waals surface area contributed by atoms with Crippen LogP contribution in [0.2, 0.25) is 10.0 Å². The van der Waals surface area contributed by atoms with E-state index < -0.39 is 35.3 Å². The Bertz CT molecular complexity index is 966. The van der Waals surface area contributed by atoms with Crippen molar-refractivity contribution in [3.8, 4) is 12.1 Å². The van der Waals surface area contributed by atoms with E-state index in [-0.39, 0.29) is 16.3 Å². The highest BCUT2D eigenvalue weighted by Crippen LogP contribution is 2.38. The fraction of sp³-hybridized carbons (Fsp3) is 0.200. The van der Waals surface area contributed by atoms with E-state index in [1.54, 1.807) is 0 Å². The molecule has 0 unspecified atom stereocenters. The van der Waals surface area contributed by atoms with E-state index in [2.05, 4.69) is 5.32 Å². The molecule has 0 radical (unpaired) electrons. The first-order valence-electron chi connectivity index (χ1n) is 8.09. The van der Waals surface area contributed by atoms with E-state index in [1.165, 1.54) is 37.3 Å². The van der Waals surface area contributed by atoms with Crippen LogP contribution in [-0.4, -0.2) is 11.7 Å². The van der Waals surface area contributed by atoms with Crippen molar-refractivity contribution in [3.63, 3.8) is 0 Å². The maximum Gasteiger partial charge on any atom is 0.235 e. The number of amides is 1. The molecule has 0 fully saturated rings. The summed E-state index contributed by atoms with van der Waals surface area (Å²) in [6.07, 6.45) is 0. The second-order valence-corrected chi connectivity index (χ2v) is 6.86. The standard InChI is InChI=1S/C20H14Cl2FN3O2/c1-11(27)18(20(28)26-15-5-3-14(23)4-6-15)19(12(9-24)10-25)16-7-2-13(21)8-17(16)22/h2-8,12,18-19H,1H3,(H,26,28)/t18-,19+/m1/s1. The Hall–Kier alpha value is -2.93. The summed E-state index contributed by atoms with van der Waals surface area (Å²) >= 11 is 12.1. The molecule has 0 aliphatic rings. The van der Waals surface area contributed by atoms with Crippen LogP contribution in [0.5, 0.6) is 0 Å². The molecule has 0 spiro atoms. The van der Waals surface area contributed by atoms with Crippen molar-refractivity contribution in [2.75, 3.05) is 5.32 Å². The van der Waals surface area contributed by atoms with Gasteiger partial charge in [0.2, 0.25) is 5.91 Å². The SMILES string of the molecule is CC(=O)[C@@H](C(=O)Nc1ccc(F)cc1)[C@H](c1ccc(Cl)cc1Cl)C(C#N)C#N. The van der Waals surface area contributed by atoms with E-state index in [0.29, 0.717) is 5.02 Å². The first-order valence-corrected chi connectivity index (χ1v) is 8.85. The summed E-state index contributed by atoms with van der Waals surface area (Å²) in [6.45, 7) is 1.19. The average Bonchev–Trinajstić information content (AvgIpc) is 2.63. The summed E-state index contributed by atoms with van der Waals surface area (Å²) in [5.41, 5.74) is 0.553. The Morgan fingerprint density at radius 1 is 1.07 bits per heavy atom. The van der Waals surface area contributed by atoms with Gasteiger partial charge < -0.3 is 5.32 Å². The molecule has 0 aliphatic heterocycles. The number of rotatable bonds is 6. The van der Waals surface area contributed by atoms with Crippen molar-refractivity contribution in [2.45, 2.75) is 12.8 Å². The van der Waals surface area contributed by atoms with E-state index in [1.807, 2.05) is 12.1 Å². The van der Waals surface area contributed by atoms with Gasteiger partial charge in [-0.2, -0.15) is 10.5 Å². The van der Waals surface area contributed by atoms with Crippen molar-refractivity contribution in [1.29, 1.82) is 10.5 Å². The van der Waals surface area contributed by atoms with Crippen LogP contribution in [0.1, 0.15) is 18.4 Å². The molecule has 142 valence electrons. The fourth-order valence-corrected chi connectivity index (χ4v) is 3.40. The second-order valence-electron chi connectivity index (χ2n) is 6.01. The lowest BCUT2D eigenvalue weighted by atomic mass is 9.75. The molecule has 0 bridgehead atoms. The van der Waals surface area contributed by atoms with Gasteiger partial charge in [0.05, 0.1) is 12.1 Å². The lowest BCUT2D eigenvalue weighted by Gasteiger charge is -2.26. The summed E-state index contributed by atoms with van der Waals surface area (Å²) in [6, 6.07) is 13.0. The molecule has 2 aromatic carbocycles. The molecule has 0 aliphatic carbocycles. The van der Waals surface area contributed by atoms with Crippen molar-refractivity contribution in [2.24, 2.45) is 11.8 Å². The molecule has 2 atom stereocenters. The zero-order valence-corrected chi connectivity index (χ0v) is 16.1. The highest BCUT2D eigenvalue weighted by atomic mass is 35.5. The van der Waals surface area contributed by atoms with E-state index >= 15 is 0 Å². The molecule has 28 heavy (non-hydrogen) atoms. The number of ketones is 1. The first-order chi connectivity index (χ1) is 13.3. The van der Waals surface area contributed by atoms with Crippen LogP contribution in [0.15, 0.2) is 42.5 Å². The highest BCUT2D eigenvalue weighted by Gasteiger charge is 2.40. The van der Waals surface area contributed by atoms with Gasteiger partial charge in [-0.1, -0.05) is 29.3 Å². The predicted octanol–water partition coefficient (Wildman–Crippen LogP) is 4.72. The van der Waals surface area contributed by atoms with E-state index in [4.69, 9.17) is 23.2 Å². The molecule has 5 nitrogen and oxygen atoms in total. The predicted molar refractivity (Wildman–Crippen MR) is 103 cm³/mol. The summed E-state index contributed by atoms with van der Waals surface area (Å²) in [4.78, 5) is 25.2. The number of hydrogen-bond acceptors (Lipinski definition) is 4. The van der Waals surface area contributed by atoms with Gasteiger partial charge in [-0.15, -0.1) is 0 Å². The quantitative estimate of drug-likeness (QED) is 0.687. The van der Waals surface area contributed by atoms with Crippen LogP contribution in [0.25, 0.3) is 0 Å². The van der Waals surface area contributed by atoms with Crippen molar-refractivity contribution in [1.82, 2.24) is 0 Å². The molecule has 0 saturated heterocycles. The summed E-state index contributed by atoms with van der Waals surface area (Å²) < 4.78 is 13.1. The molecule has 0 saturated carbocycles. The Balaban J connectivity index is 2.51. The molecule has 0 aromatic heterocycles. The van der Waals surface area contributed by atoms with Crippen molar-refractivity contribution < 1.29 is 14.0 Å².